The molecule has 3 aromatic rings. The molecule has 0 unspecified atom stereocenters. The van der Waals surface area contributed by atoms with Crippen LogP contribution in [0, 0.1) is 17.1 Å². The summed E-state index contributed by atoms with van der Waals surface area (Å²) in [5, 5.41) is 14.9. The lowest BCUT2D eigenvalue weighted by Gasteiger charge is -2.24. The van der Waals surface area contributed by atoms with Crippen LogP contribution in [-0.4, -0.2) is 23.9 Å². The van der Waals surface area contributed by atoms with Crippen molar-refractivity contribution in [2.75, 3.05) is 11.9 Å². The Balaban J connectivity index is 1.75. The Morgan fingerprint density at radius 2 is 1.89 bits per heavy atom. The van der Waals surface area contributed by atoms with Gasteiger partial charge in [0.25, 0.3) is 5.91 Å². The van der Waals surface area contributed by atoms with Gasteiger partial charge in [-0.1, -0.05) is 29.3 Å². The highest BCUT2D eigenvalue weighted by Gasteiger charge is 2.21. The number of nitrogens with two attached hydrogens (primary N) is 1. The Morgan fingerprint density at radius 3 is 2.54 bits per heavy atom. The van der Waals surface area contributed by atoms with Crippen LogP contribution in [0.25, 0.3) is 0 Å². The van der Waals surface area contributed by atoms with E-state index in [2.05, 4.69) is 26.6 Å². The lowest BCUT2D eigenvalue weighted by Crippen LogP contribution is -2.48. The molecular weight excluding hydrogens is 586 g/mol. The molecule has 4 N–H and O–H groups in total. The van der Waals surface area contributed by atoms with Gasteiger partial charge in [0, 0.05) is 28.2 Å². The van der Waals surface area contributed by atoms with Crippen LogP contribution in [0.2, 0.25) is 10.0 Å². The van der Waals surface area contributed by atoms with E-state index in [0.29, 0.717) is 10.0 Å². The van der Waals surface area contributed by atoms with Gasteiger partial charge in [-0.3, -0.25) is 9.59 Å². The molecule has 0 saturated heterocycles. The van der Waals surface area contributed by atoms with Gasteiger partial charge in [-0.15, -0.1) is 0 Å². The average Bonchev–Trinajstić information content (AvgIpc) is 2.84. The molecule has 0 saturated carbocycles. The van der Waals surface area contributed by atoms with Gasteiger partial charge in [0.15, 0.2) is 11.6 Å². The first-order chi connectivity index (χ1) is 17.4. The zero-order valence-corrected chi connectivity index (χ0v) is 22.9. The normalized spacial score (nSPS) is 11.0. The van der Waals surface area contributed by atoms with Gasteiger partial charge in [0.1, 0.15) is 5.75 Å². The summed E-state index contributed by atoms with van der Waals surface area (Å²) in [4.78, 5) is 25.1. The molecule has 11 heteroatoms. The van der Waals surface area contributed by atoms with Gasteiger partial charge >= 0.3 is 0 Å². The average molecular weight is 608 g/mol. The van der Waals surface area contributed by atoms with Gasteiger partial charge in [-0.25, -0.2) is 4.39 Å². The molecule has 0 aromatic heterocycles. The summed E-state index contributed by atoms with van der Waals surface area (Å²) in [5.41, 5.74) is 5.92. The van der Waals surface area contributed by atoms with Crippen LogP contribution in [0.5, 0.6) is 11.5 Å². The molecule has 37 heavy (non-hydrogen) atoms. The number of hydrogen-bond acceptors (Lipinski definition) is 5. The minimum Gasteiger partial charge on any atom is -0.453 e. The molecule has 0 heterocycles. The Kier molecular flexibility index (Phi) is 9.16. The van der Waals surface area contributed by atoms with Crippen LogP contribution in [0.3, 0.4) is 0 Å². The minimum absolute atomic E-state index is 0.0642. The SMILES string of the molecule is CC(C)(CN)NC(=O)c1ccc(NC(=O)Cc2ccc(Br)c(Oc3cc(Cl)cc(C#N)c3)c2F)c(Cl)c1. The third kappa shape index (κ3) is 7.43. The minimum atomic E-state index is -0.761. The van der Waals surface area contributed by atoms with Gasteiger partial charge in [0.05, 0.1) is 33.2 Å². The molecule has 0 aliphatic heterocycles. The second-order valence-electron chi connectivity index (χ2n) is 8.70. The largest absolute Gasteiger partial charge is 0.453 e. The van der Waals surface area contributed by atoms with Crippen molar-refractivity contribution in [3.63, 3.8) is 0 Å². The fourth-order valence-corrected chi connectivity index (χ4v) is 4.00. The van der Waals surface area contributed by atoms with E-state index in [1.165, 1.54) is 42.5 Å². The standard InChI is InChI=1S/C26H22BrCl2FN4O3/c1-26(2,13-32)34-25(36)16-4-6-21(20(29)9-16)33-22(35)10-15-3-5-19(27)24(23(15)30)37-18-8-14(12-31)7-17(28)11-18/h3-9,11H,10,13,32H2,1-2H3,(H,33,35)(H,34,36). The van der Waals surface area contributed by atoms with E-state index in [-0.39, 0.29) is 57.2 Å². The van der Waals surface area contributed by atoms with Crippen molar-refractivity contribution in [2.24, 2.45) is 5.73 Å². The van der Waals surface area contributed by atoms with Crippen molar-refractivity contribution >= 4 is 56.6 Å². The molecule has 0 aliphatic carbocycles. The molecule has 0 aliphatic rings. The summed E-state index contributed by atoms with van der Waals surface area (Å²) in [5.74, 6) is -1.66. The summed E-state index contributed by atoms with van der Waals surface area (Å²) in [6.45, 7) is 3.83. The number of nitrogens with zero attached hydrogens (tertiary/aromatic N) is 1. The zero-order chi connectivity index (χ0) is 27.3. The smallest absolute Gasteiger partial charge is 0.251 e. The number of ether oxygens (including phenoxy) is 1. The molecule has 2 amide bonds. The van der Waals surface area contributed by atoms with Crippen molar-refractivity contribution in [1.29, 1.82) is 5.26 Å². The number of benzene rings is 3. The second-order valence-corrected chi connectivity index (χ2v) is 10.4. The number of nitriles is 1. The summed E-state index contributed by atoms with van der Waals surface area (Å²) < 4.78 is 21.2. The number of carbonyl (C=O) groups excluding carboxylic acids is 2. The molecule has 3 rings (SSSR count). The number of amides is 2. The molecule has 0 atom stereocenters. The number of hydrogen-bond donors (Lipinski definition) is 3. The maximum atomic E-state index is 15.3. The van der Waals surface area contributed by atoms with E-state index in [4.69, 9.17) is 38.9 Å². The van der Waals surface area contributed by atoms with Crippen molar-refractivity contribution < 1.29 is 18.7 Å². The first-order valence-corrected chi connectivity index (χ1v) is 12.4. The quantitative estimate of drug-likeness (QED) is 0.281. The Morgan fingerprint density at radius 1 is 1.16 bits per heavy atom. The van der Waals surface area contributed by atoms with E-state index in [0.717, 1.165) is 0 Å². The zero-order valence-electron chi connectivity index (χ0n) is 19.8. The second kappa shape index (κ2) is 11.9. The van der Waals surface area contributed by atoms with E-state index in [1.807, 2.05) is 6.07 Å². The first-order valence-electron chi connectivity index (χ1n) is 10.9. The monoisotopic (exact) mass is 606 g/mol. The van der Waals surface area contributed by atoms with Gasteiger partial charge in [-0.05, 0) is 72.2 Å². The van der Waals surface area contributed by atoms with Crippen molar-refractivity contribution in [2.45, 2.75) is 25.8 Å². The molecule has 0 spiro atoms. The van der Waals surface area contributed by atoms with Crippen molar-refractivity contribution in [3.8, 4) is 17.6 Å². The summed E-state index contributed by atoms with van der Waals surface area (Å²) >= 11 is 15.5. The predicted octanol–water partition coefficient (Wildman–Crippen LogP) is 6.21. The van der Waals surface area contributed by atoms with Crippen molar-refractivity contribution in [1.82, 2.24) is 5.32 Å². The van der Waals surface area contributed by atoms with Gasteiger partial charge in [0.2, 0.25) is 5.91 Å². The van der Waals surface area contributed by atoms with Gasteiger partial charge < -0.3 is 21.1 Å². The highest BCUT2D eigenvalue weighted by molar-refractivity contribution is 9.10. The summed E-state index contributed by atoms with van der Waals surface area (Å²) in [6, 6.07) is 13.7. The summed E-state index contributed by atoms with van der Waals surface area (Å²) in [7, 11) is 0. The number of halogens is 4. The van der Waals surface area contributed by atoms with Crippen LogP contribution >= 0.6 is 39.1 Å². The lowest BCUT2D eigenvalue weighted by atomic mass is 10.1. The van der Waals surface area contributed by atoms with Crippen molar-refractivity contribution in [3.05, 3.63) is 85.6 Å². The summed E-state index contributed by atoms with van der Waals surface area (Å²) in [6.07, 6.45) is -0.322. The molecule has 3 aromatic carbocycles. The molecule has 192 valence electrons. The number of anilines is 1. The lowest BCUT2D eigenvalue weighted by molar-refractivity contribution is -0.115. The Hall–Kier alpha value is -3.16. The molecule has 0 fully saturated rings. The number of carbonyl (C=O) groups is 2. The fourth-order valence-electron chi connectivity index (χ4n) is 3.16. The van der Waals surface area contributed by atoms with Crippen LogP contribution in [0.4, 0.5) is 10.1 Å². The highest BCUT2D eigenvalue weighted by atomic mass is 79.9. The third-order valence-electron chi connectivity index (χ3n) is 5.17. The number of rotatable bonds is 8. The third-order valence-corrected chi connectivity index (χ3v) is 6.32. The Labute approximate surface area is 231 Å². The van der Waals surface area contributed by atoms with Crippen LogP contribution in [0.15, 0.2) is 53.0 Å². The van der Waals surface area contributed by atoms with E-state index >= 15 is 4.39 Å². The van der Waals surface area contributed by atoms with Crippen LogP contribution in [-0.2, 0) is 11.2 Å². The Bertz CT molecular complexity index is 1410. The van der Waals surface area contributed by atoms with Crippen LogP contribution in [0.1, 0.15) is 35.3 Å². The number of nitrogens with one attached hydrogen (secondary N) is 2. The van der Waals surface area contributed by atoms with E-state index in [9.17, 15) is 9.59 Å². The first kappa shape index (κ1) is 28.4. The molecular formula is C26H22BrCl2FN4O3. The van der Waals surface area contributed by atoms with Gasteiger partial charge in [-0.2, -0.15) is 5.26 Å². The predicted molar refractivity (Wildman–Crippen MR) is 145 cm³/mol. The topological polar surface area (TPSA) is 117 Å². The van der Waals surface area contributed by atoms with E-state index < -0.39 is 17.3 Å². The van der Waals surface area contributed by atoms with E-state index in [1.54, 1.807) is 19.9 Å². The molecule has 0 radical (unpaired) electrons. The molecule has 0 bridgehead atoms. The molecule has 7 nitrogen and oxygen atoms in total. The maximum absolute atomic E-state index is 15.3. The fraction of sp³-hybridized carbons (Fsp3) is 0.192. The highest BCUT2D eigenvalue weighted by Crippen LogP contribution is 2.36. The maximum Gasteiger partial charge on any atom is 0.251 e. The van der Waals surface area contributed by atoms with Crippen LogP contribution < -0.4 is 21.1 Å².